The molecule has 0 spiro atoms. The maximum Gasteiger partial charge on any atom is 0.224 e. The molecule has 0 fully saturated rings. The summed E-state index contributed by atoms with van der Waals surface area (Å²) in [6.45, 7) is 7.36. The van der Waals surface area contributed by atoms with Gasteiger partial charge in [0.05, 0.1) is 0 Å². The van der Waals surface area contributed by atoms with Crippen molar-refractivity contribution in [3.8, 4) is 0 Å². The zero-order chi connectivity index (χ0) is 12.0. The van der Waals surface area contributed by atoms with Crippen LogP contribution in [0.4, 0.5) is 5.82 Å². The zero-order valence-corrected chi connectivity index (χ0v) is 11.0. The molecule has 1 aromatic heterocycles. The number of hydrogen-bond acceptors (Lipinski definition) is 3. The Hall–Kier alpha value is -0.830. The largest absolute Gasteiger partial charge is 0.370 e. The molecule has 0 aromatic carbocycles. The average molecular weight is 242 g/mol. The zero-order valence-electron chi connectivity index (χ0n) is 10.3. The molecule has 0 saturated heterocycles. The quantitative estimate of drug-likeness (QED) is 0.610. The third-order valence-electron chi connectivity index (χ3n) is 2.34. The smallest absolute Gasteiger partial charge is 0.224 e. The van der Waals surface area contributed by atoms with Crippen molar-refractivity contribution in [2.24, 2.45) is 5.92 Å². The van der Waals surface area contributed by atoms with E-state index >= 15 is 0 Å². The van der Waals surface area contributed by atoms with Crippen LogP contribution in [0.3, 0.4) is 0 Å². The summed E-state index contributed by atoms with van der Waals surface area (Å²) in [5, 5.41) is 3.57. The van der Waals surface area contributed by atoms with Gasteiger partial charge in [-0.15, -0.1) is 0 Å². The molecule has 90 valence electrons. The molecule has 0 aliphatic heterocycles. The topological polar surface area (TPSA) is 37.8 Å². The van der Waals surface area contributed by atoms with Crippen molar-refractivity contribution in [3.05, 3.63) is 17.0 Å². The first-order valence-corrected chi connectivity index (χ1v) is 6.21. The van der Waals surface area contributed by atoms with Crippen molar-refractivity contribution in [1.82, 2.24) is 9.97 Å². The summed E-state index contributed by atoms with van der Waals surface area (Å²) in [7, 11) is 0. The van der Waals surface area contributed by atoms with E-state index in [1.165, 1.54) is 19.3 Å². The minimum Gasteiger partial charge on any atom is -0.370 e. The summed E-state index contributed by atoms with van der Waals surface area (Å²) in [6, 6.07) is 1.91. The molecule has 1 heterocycles. The van der Waals surface area contributed by atoms with E-state index in [9.17, 15) is 0 Å². The Kier molecular flexibility index (Phi) is 5.53. The predicted molar refractivity (Wildman–Crippen MR) is 69.0 cm³/mol. The minimum atomic E-state index is 0.310. The van der Waals surface area contributed by atoms with Gasteiger partial charge in [-0.2, -0.15) is 0 Å². The molecule has 3 nitrogen and oxygen atoms in total. The molecular weight excluding hydrogens is 222 g/mol. The number of anilines is 1. The Morgan fingerprint density at radius 3 is 2.69 bits per heavy atom. The monoisotopic (exact) mass is 241 g/mol. The van der Waals surface area contributed by atoms with E-state index in [-0.39, 0.29) is 0 Å². The van der Waals surface area contributed by atoms with Gasteiger partial charge in [-0.3, -0.25) is 0 Å². The second kappa shape index (κ2) is 6.69. The van der Waals surface area contributed by atoms with Crippen LogP contribution in [-0.2, 0) is 0 Å². The molecular formula is C12H20ClN3. The van der Waals surface area contributed by atoms with Crippen molar-refractivity contribution in [2.75, 3.05) is 11.9 Å². The van der Waals surface area contributed by atoms with Crippen LogP contribution in [0.25, 0.3) is 0 Å². The van der Waals surface area contributed by atoms with Crippen LogP contribution in [0.2, 0.25) is 5.28 Å². The third kappa shape index (κ3) is 5.31. The minimum absolute atomic E-state index is 0.310. The number of nitrogens with one attached hydrogen (secondary N) is 1. The van der Waals surface area contributed by atoms with Crippen LogP contribution in [0.15, 0.2) is 6.07 Å². The normalized spacial score (nSPS) is 10.8. The molecule has 0 unspecified atom stereocenters. The van der Waals surface area contributed by atoms with Crippen LogP contribution < -0.4 is 5.32 Å². The Labute approximate surface area is 103 Å². The molecule has 1 rings (SSSR count). The average Bonchev–Trinajstić information content (AvgIpc) is 2.15. The van der Waals surface area contributed by atoms with E-state index in [1.54, 1.807) is 0 Å². The van der Waals surface area contributed by atoms with Gasteiger partial charge in [0.15, 0.2) is 0 Å². The summed E-state index contributed by atoms with van der Waals surface area (Å²) < 4.78 is 0. The number of hydrogen-bond donors (Lipinski definition) is 1. The van der Waals surface area contributed by atoms with Crippen LogP contribution in [0, 0.1) is 12.8 Å². The number of nitrogens with zero attached hydrogens (tertiary/aromatic N) is 2. The number of rotatable bonds is 6. The van der Waals surface area contributed by atoms with E-state index in [0.29, 0.717) is 5.28 Å². The number of halogens is 1. The highest BCUT2D eigenvalue weighted by Gasteiger charge is 1.99. The van der Waals surface area contributed by atoms with Gasteiger partial charge in [0.25, 0.3) is 0 Å². The summed E-state index contributed by atoms with van der Waals surface area (Å²) in [4.78, 5) is 8.13. The van der Waals surface area contributed by atoms with Gasteiger partial charge in [0, 0.05) is 18.3 Å². The second-order valence-corrected chi connectivity index (χ2v) is 4.82. The van der Waals surface area contributed by atoms with Crippen molar-refractivity contribution < 1.29 is 0 Å². The van der Waals surface area contributed by atoms with Crippen LogP contribution in [-0.4, -0.2) is 16.5 Å². The number of aryl methyl sites for hydroxylation is 1. The molecule has 0 bridgehead atoms. The molecule has 0 saturated carbocycles. The Morgan fingerprint density at radius 1 is 1.31 bits per heavy atom. The maximum atomic E-state index is 5.77. The molecule has 0 radical (unpaired) electrons. The fourth-order valence-corrected chi connectivity index (χ4v) is 1.74. The lowest BCUT2D eigenvalue weighted by atomic mass is 10.1. The van der Waals surface area contributed by atoms with E-state index in [1.807, 2.05) is 13.0 Å². The summed E-state index contributed by atoms with van der Waals surface area (Å²) >= 11 is 5.77. The Bertz CT molecular complexity index is 306. The van der Waals surface area contributed by atoms with Gasteiger partial charge < -0.3 is 5.32 Å². The summed E-state index contributed by atoms with van der Waals surface area (Å²) in [5.41, 5.74) is 0.893. The highest BCUT2D eigenvalue weighted by atomic mass is 35.5. The van der Waals surface area contributed by atoms with Crippen molar-refractivity contribution in [3.63, 3.8) is 0 Å². The van der Waals surface area contributed by atoms with Crippen molar-refractivity contribution >= 4 is 17.4 Å². The lowest BCUT2D eigenvalue weighted by Crippen LogP contribution is -2.05. The van der Waals surface area contributed by atoms with E-state index in [2.05, 4.69) is 29.1 Å². The first kappa shape index (κ1) is 13.2. The van der Waals surface area contributed by atoms with Crippen molar-refractivity contribution in [2.45, 2.75) is 40.0 Å². The first-order chi connectivity index (χ1) is 7.58. The summed E-state index contributed by atoms with van der Waals surface area (Å²) in [5.74, 6) is 1.61. The molecule has 0 aliphatic rings. The maximum absolute atomic E-state index is 5.77. The van der Waals surface area contributed by atoms with Gasteiger partial charge in [0.2, 0.25) is 5.28 Å². The van der Waals surface area contributed by atoms with E-state index in [4.69, 9.17) is 11.6 Å². The molecule has 0 aliphatic carbocycles. The molecule has 16 heavy (non-hydrogen) atoms. The SMILES string of the molecule is Cc1cc(NCCCCC(C)C)nc(Cl)n1. The van der Waals surface area contributed by atoms with Crippen LogP contribution in [0.1, 0.15) is 38.8 Å². The second-order valence-electron chi connectivity index (χ2n) is 4.48. The van der Waals surface area contributed by atoms with E-state index in [0.717, 1.165) is 24.0 Å². The predicted octanol–water partition coefficient (Wildman–Crippen LogP) is 3.68. The third-order valence-corrected chi connectivity index (χ3v) is 2.51. The number of aromatic nitrogens is 2. The van der Waals surface area contributed by atoms with Gasteiger partial charge in [-0.1, -0.05) is 26.7 Å². The lowest BCUT2D eigenvalue weighted by Gasteiger charge is -2.07. The fraction of sp³-hybridized carbons (Fsp3) is 0.667. The molecule has 0 atom stereocenters. The molecule has 1 aromatic rings. The first-order valence-electron chi connectivity index (χ1n) is 5.83. The highest BCUT2D eigenvalue weighted by molar-refractivity contribution is 6.28. The van der Waals surface area contributed by atoms with Gasteiger partial charge in [-0.05, 0) is 30.9 Å². The lowest BCUT2D eigenvalue weighted by molar-refractivity contribution is 0.544. The standard InChI is InChI=1S/C12H20ClN3/c1-9(2)6-4-5-7-14-11-8-10(3)15-12(13)16-11/h8-9H,4-7H2,1-3H3,(H,14,15,16). The highest BCUT2D eigenvalue weighted by Crippen LogP contribution is 2.10. The Morgan fingerprint density at radius 2 is 2.06 bits per heavy atom. The fourth-order valence-electron chi connectivity index (χ4n) is 1.52. The van der Waals surface area contributed by atoms with Crippen LogP contribution >= 0.6 is 11.6 Å². The van der Waals surface area contributed by atoms with Gasteiger partial charge >= 0.3 is 0 Å². The van der Waals surface area contributed by atoms with Crippen molar-refractivity contribution in [1.29, 1.82) is 0 Å². The van der Waals surface area contributed by atoms with Crippen LogP contribution in [0.5, 0.6) is 0 Å². The van der Waals surface area contributed by atoms with Gasteiger partial charge in [-0.25, -0.2) is 9.97 Å². The van der Waals surface area contributed by atoms with E-state index < -0.39 is 0 Å². The Balaban J connectivity index is 2.26. The number of unbranched alkanes of at least 4 members (excludes halogenated alkanes) is 1. The molecule has 4 heteroatoms. The molecule has 0 amide bonds. The summed E-state index contributed by atoms with van der Waals surface area (Å²) in [6.07, 6.45) is 3.70. The molecule has 1 N–H and O–H groups in total. The van der Waals surface area contributed by atoms with Gasteiger partial charge in [0.1, 0.15) is 5.82 Å².